The van der Waals surface area contributed by atoms with E-state index in [9.17, 15) is 4.79 Å². The third-order valence-electron chi connectivity index (χ3n) is 3.41. The molecule has 9 heteroatoms. The zero-order chi connectivity index (χ0) is 17.8. The first-order chi connectivity index (χ1) is 12.1. The van der Waals surface area contributed by atoms with Crippen LogP contribution in [-0.2, 0) is 6.42 Å². The summed E-state index contributed by atoms with van der Waals surface area (Å²) >= 11 is 6.07. The highest BCUT2D eigenvalue weighted by Crippen LogP contribution is 2.36. The summed E-state index contributed by atoms with van der Waals surface area (Å²) < 4.78 is 15.7. The molecular weight excluding hydrogens is 348 g/mol. The topological polar surface area (TPSA) is 102 Å². The van der Waals surface area contributed by atoms with E-state index in [0.717, 1.165) is 0 Å². The van der Waals surface area contributed by atoms with Gasteiger partial charge in [-0.05, 0) is 12.1 Å². The second-order valence-electron chi connectivity index (χ2n) is 5.02. The number of nitrogens with zero attached hydrogens (tertiary/aromatic N) is 2. The van der Waals surface area contributed by atoms with E-state index in [0.29, 0.717) is 28.0 Å². The largest absolute Gasteiger partial charge is 0.495 e. The van der Waals surface area contributed by atoms with E-state index < -0.39 is 0 Å². The monoisotopic (exact) mass is 362 g/mol. The number of aromatic amines is 1. The van der Waals surface area contributed by atoms with Crippen molar-refractivity contribution in [3.63, 3.8) is 0 Å². The Bertz CT molecular complexity index is 924. The molecule has 0 spiro atoms. The van der Waals surface area contributed by atoms with E-state index in [1.807, 2.05) is 0 Å². The molecule has 130 valence electrons. The van der Waals surface area contributed by atoms with Crippen molar-refractivity contribution >= 4 is 23.2 Å². The summed E-state index contributed by atoms with van der Waals surface area (Å²) in [6, 6.07) is 6.74. The molecule has 8 nitrogen and oxygen atoms in total. The number of benzene rings is 1. The highest BCUT2D eigenvalue weighted by Gasteiger charge is 2.13. The number of furan rings is 1. The number of halogens is 1. The molecule has 25 heavy (non-hydrogen) atoms. The Labute approximate surface area is 147 Å². The number of aromatic nitrogens is 3. The molecule has 0 aliphatic heterocycles. The van der Waals surface area contributed by atoms with Crippen LogP contribution in [0.15, 0.2) is 39.7 Å². The molecule has 0 amide bonds. The molecule has 0 radical (unpaired) electrons. The van der Waals surface area contributed by atoms with Crippen LogP contribution in [0, 0.1) is 0 Å². The first-order valence-corrected chi connectivity index (χ1v) is 7.65. The maximum atomic E-state index is 12.2. The lowest BCUT2D eigenvalue weighted by Crippen LogP contribution is -2.18. The Morgan fingerprint density at radius 1 is 1.24 bits per heavy atom. The molecule has 2 heterocycles. The predicted molar refractivity (Wildman–Crippen MR) is 92.0 cm³/mol. The molecular formula is C16H15ClN4O4. The Balaban J connectivity index is 1.86. The van der Waals surface area contributed by atoms with Gasteiger partial charge in [-0.2, -0.15) is 0 Å². The van der Waals surface area contributed by atoms with Crippen molar-refractivity contribution in [2.75, 3.05) is 19.5 Å². The van der Waals surface area contributed by atoms with Gasteiger partial charge in [-0.15, -0.1) is 10.2 Å². The molecule has 0 saturated carbocycles. The van der Waals surface area contributed by atoms with Crippen LogP contribution in [0.4, 0.5) is 11.6 Å². The lowest BCUT2D eigenvalue weighted by atomic mass is 10.2. The highest BCUT2D eigenvalue weighted by atomic mass is 35.5. The molecule has 2 N–H and O–H groups in total. The number of hydrogen-bond donors (Lipinski definition) is 2. The van der Waals surface area contributed by atoms with Gasteiger partial charge in [0.15, 0.2) is 0 Å². The Hall–Kier alpha value is -3.00. The van der Waals surface area contributed by atoms with Gasteiger partial charge >= 0.3 is 0 Å². The third-order valence-corrected chi connectivity index (χ3v) is 3.71. The molecule has 0 aliphatic rings. The SMILES string of the molecule is COc1cc(Nc2nnc(Cc3ccco3)c(=O)[nH]2)c(OC)cc1Cl. The van der Waals surface area contributed by atoms with E-state index in [4.69, 9.17) is 25.5 Å². The second-order valence-corrected chi connectivity index (χ2v) is 5.42. The standard InChI is InChI=1S/C16H15ClN4O4/c1-23-13-8-11(14(24-2)7-10(13)17)18-16-19-15(22)12(20-21-16)6-9-4-3-5-25-9/h3-5,7-8H,6H2,1-2H3,(H2,18,19,21,22). The van der Waals surface area contributed by atoms with Gasteiger partial charge in [0.2, 0.25) is 5.95 Å². The van der Waals surface area contributed by atoms with Crippen molar-refractivity contribution in [3.8, 4) is 11.5 Å². The van der Waals surface area contributed by atoms with Gasteiger partial charge in [0.25, 0.3) is 5.56 Å². The van der Waals surface area contributed by atoms with Crippen LogP contribution in [0.25, 0.3) is 0 Å². The quantitative estimate of drug-likeness (QED) is 0.695. The molecule has 0 atom stereocenters. The van der Waals surface area contributed by atoms with Gasteiger partial charge in [-0.1, -0.05) is 11.6 Å². The van der Waals surface area contributed by atoms with Gasteiger partial charge in [-0.25, -0.2) is 0 Å². The fourth-order valence-corrected chi connectivity index (χ4v) is 2.43. The summed E-state index contributed by atoms with van der Waals surface area (Å²) in [5.74, 6) is 1.71. The fourth-order valence-electron chi connectivity index (χ4n) is 2.20. The van der Waals surface area contributed by atoms with Crippen molar-refractivity contribution < 1.29 is 13.9 Å². The van der Waals surface area contributed by atoms with Crippen LogP contribution in [0.1, 0.15) is 11.5 Å². The van der Waals surface area contributed by atoms with Crippen molar-refractivity contribution in [1.82, 2.24) is 15.2 Å². The highest BCUT2D eigenvalue weighted by molar-refractivity contribution is 6.32. The van der Waals surface area contributed by atoms with E-state index in [-0.39, 0.29) is 23.6 Å². The number of hydrogen-bond acceptors (Lipinski definition) is 7. The molecule has 2 aromatic heterocycles. The molecule has 1 aromatic carbocycles. The Morgan fingerprint density at radius 3 is 2.68 bits per heavy atom. The lowest BCUT2D eigenvalue weighted by Gasteiger charge is -2.13. The van der Waals surface area contributed by atoms with E-state index >= 15 is 0 Å². The minimum atomic E-state index is -0.367. The molecule has 3 aromatic rings. The number of H-pyrrole nitrogens is 1. The molecule has 0 fully saturated rings. The van der Waals surface area contributed by atoms with Gasteiger partial charge in [0.1, 0.15) is 23.0 Å². The summed E-state index contributed by atoms with van der Waals surface area (Å²) in [5, 5.41) is 11.3. The molecule has 3 rings (SSSR count). The Morgan fingerprint density at radius 2 is 2.04 bits per heavy atom. The number of ether oxygens (including phenoxy) is 2. The maximum Gasteiger partial charge on any atom is 0.274 e. The summed E-state index contributed by atoms with van der Waals surface area (Å²) in [7, 11) is 3.01. The number of nitrogens with one attached hydrogen (secondary N) is 2. The number of rotatable bonds is 6. The number of anilines is 2. The van der Waals surface area contributed by atoms with Crippen LogP contribution >= 0.6 is 11.6 Å². The maximum absolute atomic E-state index is 12.2. The third kappa shape index (κ3) is 3.74. The van der Waals surface area contributed by atoms with Gasteiger partial charge < -0.3 is 19.2 Å². The molecule has 0 unspecified atom stereocenters. The van der Waals surface area contributed by atoms with Crippen LogP contribution in [0.3, 0.4) is 0 Å². The van der Waals surface area contributed by atoms with Crippen LogP contribution < -0.4 is 20.3 Å². The average molecular weight is 363 g/mol. The minimum absolute atomic E-state index is 0.163. The smallest absolute Gasteiger partial charge is 0.274 e. The minimum Gasteiger partial charge on any atom is -0.495 e. The molecule has 0 bridgehead atoms. The first-order valence-electron chi connectivity index (χ1n) is 7.27. The van der Waals surface area contributed by atoms with Crippen LogP contribution in [-0.4, -0.2) is 29.4 Å². The zero-order valence-corrected chi connectivity index (χ0v) is 14.3. The van der Waals surface area contributed by atoms with E-state index in [1.54, 1.807) is 24.3 Å². The van der Waals surface area contributed by atoms with Crippen LogP contribution in [0.5, 0.6) is 11.5 Å². The molecule has 0 saturated heterocycles. The second kappa shape index (κ2) is 7.27. The first kappa shape index (κ1) is 16.8. The predicted octanol–water partition coefficient (Wildman–Crippen LogP) is 2.76. The van der Waals surface area contributed by atoms with Crippen LogP contribution in [0.2, 0.25) is 5.02 Å². The Kier molecular flexibility index (Phi) is 4.90. The van der Waals surface area contributed by atoms with Crippen molar-refractivity contribution in [2.45, 2.75) is 6.42 Å². The summed E-state index contributed by atoms with van der Waals surface area (Å²) in [4.78, 5) is 14.8. The van der Waals surface area contributed by atoms with Crippen molar-refractivity contribution in [1.29, 1.82) is 0 Å². The van der Waals surface area contributed by atoms with Crippen molar-refractivity contribution in [3.05, 3.63) is 57.4 Å². The average Bonchev–Trinajstić information content (AvgIpc) is 3.11. The van der Waals surface area contributed by atoms with Crippen molar-refractivity contribution in [2.24, 2.45) is 0 Å². The lowest BCUT2D eigenvalue weighted by molar-refractivity contribution is 0.405. The normalized spacial score (nSPS) is 10.5. The van der Waals surface area contributed by atoms with Gasteiger partial charge in [0.05, 0.1) is 37.6 Å². The van der Waals surface area contributed by atoms with E-state index in [2.05, 4.69) is 20.5 Å². The van der Waals surface area contributed by atoms with E-state index in [1.165, 1.54) is 20.5 Å². The molecule has 0 aliphatic carbocycles. The summed E-state index contributed by atoms with van der Waals surface area (Å²) in [5.41, 5.74) is 0.405. The van der Waals surface area contributed by atoms with Gasteiger partial charge in [0, 0.05) is 12.1 Å². The van der Waals surface area contributed by atoms with Gasteiger partial charge in [-0.3, -0.25) is 9.78 Å². The zero-order valence-electron chi connectivity index (χ0n) is 13.5. The summed E-state index contributed by atoms with van der Waals surface area (Å²) in [6.07, 6.45) is 1.79. The summed E-state index contributed by atoms with van der Waals surface area (Å²) in [6.45, 7) is 0. The fraction of sp³-hybridized carbons (Fsp3) is 0.188. The number of methoxy groups -OCH3 is 2.